The molecule has 0 unspecified atom stereocenters. The second-order valence-corrected chi connectivity index (χ2v) is 9.05. The van der Waals surface area contributed by atoms with Crippen LogP contribution in [0.25, 0.3) is 10.9 Å². The Kier molecular flexibility index (Phi) is 5.62. The molecule has 7 nitrogen and oxygen atoms in total. The molecule has 8 heteroatoms. The predicted molar refractivity (Wildman–Crippen MR) is 118 cm³/mol. The maximum absolute atomic E-state index is 13.7. The lowest BCUT2D eigenvalue weighted by atomic mass is 10.2. The van der Waals surface area contributed by atoms with Crippen molar-refractivity contribution in [3.05, 3.63) is 48.7 Å². The summed E-state index contributed by atoms with van der Waals surface area (Å²) in [5, 5.41) is 0.924. The molecule has 0 radical (unpaired) electrons. The molecule has 3 aromatic rings. The summed E-state index contributed by atoms with van der Waals surface area (Å²) in [7, 11) is -0.923. The van der Waals surface area contributed by atoms with Gasteiger partial charge in [0.15, 0.2) is 0 Å². The first kappa shape index (κ1) is 20.6. The third kappa shape index (κ3) is 3.50. The number of likely N-dealkylation sites (N-methyl/N-ethyl adjacent to an activating group) is 1. The Morgan fingerprint density at radius 3 is 2.37 bits per heavy atom. The summed E-state index contributed by atoms with van der Waals surface area (Å²) in [4.78, 5) is 4.74. The number of piperazine rings is 1. The van der Waals surface area contributed by atoms with Gasteiger partial charge in [0, 0.05) is 43.8 Å². The minimum absolute atomic E-state index is 0.0763. The molecule has 0 spiro atoms. The van der Waals surface area contributed by atoms with Crippen LogP contribution in [0, 0.1) is 0 Å². The Bertz CT molecular complexity index is 1150. The molecule has 1 saturated heterocycles. The van der Waals surface area contributed by atoms with E-state index in [1.54, 1.807) is 18.3 Å². The van der Waals surface area contributed by atoms with Crippen LogP contribution >= 0.6 is 0 Å². The van der Waals surface area contributed by atoms with Gasteiger partial charge in [-0.15, -0.1) is 0 Å². The van der Waals surface area contributed by atoms with Crippen molar-refractivity contribution in [2.24, 2.45) is 0 Å². The number of methoxy groups -OCH3 is 2. The van der Waals surface area contributed by atoms with Crippen LogP contribution < -0.4 is 14.4 Å². The lowest BCUT2D eigenvalue weighted by Crippen LogP contribution is -2.46. The molecule has 0 saturated carbocycles. The van der Waals surface area contributed by atoms with E-state index >= 15 is 0 Å². The van der Waals surface area contributed by atoms with Crippen LogP contribution in [-0.2, 0) is 10.0 Å². The average molecular weight is 430 g/mol. The molecule has 2 aromatic carbocycles. The highest BCUT2D eigenvalue weighted by molar-refractivity contribution is 7.90. The van der Waals surface area contributed by atoms with E-state index in [-0.39, 0.29) is 10.6 Å². The van der Waals surface area contributed by atoms with Crippen LogP contribution in [0.2, 0.25) is 0 Å². The van der Waals surface area contributed by atoms with E-state index in [9.17, 15) is 8.42 Å². The SMILES string of the molecule is CCN1CCN(c2cn(S(=O)(=O)c3cc(OC)ccc3OC)c3ccccc23)CC1. The Morgan fingerprint density at radius 2 is 1.70 bits per heavy atom. The molecule has 160 valence electrons. The van der Waals surface area contributed by atoms with Gasteiger partial charge in [0.2, 0.25) is 0 Å². The maximum atomic E-state index is 13.7. The van der Waals surface area contributed by atoms with Gasteiger partial charge >= 0.3 is 0 Å². The summed E-state index contributed by atoms with van der Waals surface area (Å²) in [6.07, 6.45) is 1.74. The van der Waals surface area contributed by atoms with Crippen molar-refractivity contribution in [2.45, 2.75) is 11.8 Å². The van der Waals surface area contributed by atoms with Crippen molar-refractivity contribution >= 4 is 26.6 Å². The predicted octanol–water partition coefficient (Wildman–Crippen LogP) is 3.04. The van der Waals surface area contributed by atoms with Gasteiger partial charge in [0.05, 0.1) is 25.4 Å². The van der Waals surface area contributed by atoms with E-state index in [0.717, 1.165) is 43.8 Å². The van der Waals surface area contributed by atoms with Gasteiger partial charge in [-0.2, -0.15) is 0 Å². The average Bonchev–Trinajstić information content (AvgIpc) is 3.19. The molecule has 2 heterocycles. The summed E-state index contributed by atoms with van der Waals surface area (Å²) in [6.45, 7) is 6.85. The first-order valence-corrected chi connectivity index (χ1v) is 11.5. The van der Waals surface area contributed by atoms with Gasteiger partial charge in [0.1, 0.15) is 16.4 Å². The maximum Gasteiger partial charge on any atom is 0.272 e. The van der Waals surface area contributed by atoms with Crippen LogP contribution in [0.3, 0.4) is 0 Å². The molecule has 1 aliphatic heterocycles. The second kappa shape index (κ2) is 8.20. The molecule has 30 heavy (non-hydrogen) atoms. The first-order valence-electron chi connectivity index (χ1n) is 10.0. The van der Waals surface area contributed by atoms with Gasteiger partial charge in [-0.1, -0.05) is 25.1 Å². The van der Waals surface area contributed by atoms with E-state index in [1.807, 2.05) is 24.3 Å². The number of ether oxygens (including phenoxy) is 2. The molecule has 0 aliphatic carbocycles. The van der Waals surface area contributed by atoms with Crippen molar-refractivity contribution in [3.63, 3.8) is 0 Å². The Morgan fingerprint density at radius 1 is 0.967 bits per heavy atom. The quantitative estimate of drug-likeness (QED) is 0.600. The van der Waals surface area contributed by atoms with Gasteiger partial charge in [-0.25, -0.2) is 12.4 Å². The van der Waals surface area contributed by atoms with E-state index in [1.165, 1.54) is 24.3 Å². The van der Waals surface area contributed by atoms with Crippen LogP contribution in [0.5, 0.6) is 11.5 Å². The smallest absolute Gasteiger partial charge is 0.272 e. The summed E-state index contributed by atoms with van der Waals surface area (Å²) in [5.41, 5.74) is 1.59. The molecule has 1 aromatic heterocycles. The van der Waals surface area contributed by atoms with Crippen LogP contribution in [0.1, 0.15) is 6.92 Å². The van der Waals surface area contributed by atoms with E-state index < -0.39 is 10.0 Å². The zero-order chi connectivity index (χ0) is 21.3. The lowest BCUT2D eigenvalue weighted by molar-refractivity contribution is 0.271. The molecule has 0 N–H and O–H groups in total. The molecule has 1 aliphatic rings. The minimum Gasteiger partial charge on any atom is -0.497 e. The zero-order valence-corrected chi connectivity index (χ0v) is 18.4. The summed E-state index contributed by atoms with van der Waals surface area (Å²) >= 11 is 0. The molecule has 1 fully saturated rings. The highest BCUT2D eigenvalue weighted by Gasteiger charge is 2.27. The third-order valence-electron chi connectivity index (χ3n) is 5.72. The van der Waals surface area contributed by atoms with Crippen molar-refractivity contribution in [1.82, 2.24) is 8.87 Å². The monoisotopic (exact) mass is 429 g/mol. The highest BCUT2D eigenvalue weighted by atomic mass is 32.2. The van der Waals surface area contributed by atoms with Gasteiger partial charge in [0.25, 0.3) is 10.0 Å². The number of benzene rings is 2. The number of rotatable bonds is 6. The van der Waals surface area contributed by atoms with E-state index in [2.05, 4.69) is 16.7 Å². The van der Waals surface area contributed by atoms with Crippen molar-refractivity contribution < 1.29 is 17.9 Å². The molecule has 0 bridgehead atoms. The number of aromatic nitrogens is 1. The number of anilines is 1. The summed E-state index contributed by atoms with van der Waals surface area (Å²) in [5.74, 6) is 0.744. The fourth-order valence-corrected chi connectivity index (χ4v) is 5.52. The first-order chi connectivity index (χ1) is 14.5. The number of fused-ring (bicyclic) bond motifs is 1. The molecule has 0 atom stereocenters. The van der Waals surface area contributed by atoms with Crippen molar-refractivity contribution in [2.75, 3.05) is 51.8 Å². The number of hydrogen-bond acceptors (Lipinski definition) is 6. The topological polar surface area (TPSA) is 64.0 Å². The second-order valence-electron chi connectivity index (χ2n) is 7.27. The molecule has 4 rings (SSSR count). The molecular weight excluding hydrogens is 402 g/mol. The van der Waals surface area contributed by atoms with Crippen molar-refractivity contribution in [1.29, 1.82) is 0 Å². The van der Waals surface area contributed by atoms with E-state index in [0.29, 0.717) is 11.3 Å². The van der Waals surface area contributed by atoms with Gasteiger partial charge < -0.3 is 19.3 Å². The van der Waals surface area contributed by atoms with E-state index in [4.69, 9.17) is 9.47 Å². The number of para-hydroxylation sites is 1. The summed E-state index contributed by atoms with van der Waals surface area (Å²) < 4.78 is 39.3. The standard InChI is InChI=1S/C22H27N3O4S/c1-4-23-11-13-24(14-12-23)20-16-25(19-8-6-5-7-18(19)20)30(26,27)22-15-17(28-2)9-10-21(22)29-3/h5-10,15-16H,4,11-14H2,1-3H3. The fourth-order valence-electron chi connectivity index (χ4n) is 3.98. The van der Waals surface area contributed by atoms with Crippen molar-refractivity contribution in [3.8, 4) is 11.5 Å². The number of hydrogen-bond donors (Lipinski definition) is 0. The highest BCUT2D eigenvalue weighted by Crippen LogP contribution is 2.36. The number of nitrogens with zero attached hydrogens (tertiary/aromatic N) is 3. The van der Waals surface area contributed by atoms with Crippen LogP contribution in [0.15, 0.2) is 53.6 Å². The normalized spacial score (nSPS) is 15.5. The zero-order valence-electron chi connectivity index (χ0n) is 17.5. The molecular formula is C22H27N3O4S. The molecule has 0 amide bonds. The largest absolute Gasteiger partial charge is 0.497 e. The van der Waals surface area contributed by atoms with Gasteiger partial charge in [-0.05, 0) is 24.7 Å². The minimum atomic E-state index is -3.90. The Balaban J connectivity index is 1.84. The lowest BCUT2D eigenvalue weighted by Gasteiger charge is -2.35. The third-order valence-corrected chi connectivity index (χ3v) is 7.42. The fraction of sp³-hybridized carbons (Fsp3) is 0.364. The van der Waals surface area contributed by atoms with Gasteiger partial charge in [-0.3, -0.25) is 0 Å². The summed E-state index contributed by atoms with van der Waals surface area (Å²) in [6, 6.07) is 12.4. The van der Waals surface area contributed by atoms with Crippen LogP contribution in [-0.4, -0.2) is 64.2 Å². The Hall–Kier alpha value is -2.71. The van der Waals surface area contributed by atoms with Crippen LogP contribution in [0.4, 0.5) is 5.69 Å². The Labute approximate surface area is 177 Å².